The molecule has 1 aliphatic rings. The third-order valence-corrected chi connectivity index (χ3v) is 5.62. The van der Waals surface area contributed by atoms with Crippen molar-refractivity contribution in [2.45, 2.75) is 19.8 Å². The summed E-state index contributed by atoms with van der Waals surface area (Å²) in [6.45, 7) is 4.32. The van der Waals surface area contributed by atoms with Gasteiger partial charge in [-0.05, 0) is 72.9 Å². The fraction of sp³-hybridized carbons (Fsp3) is 0.273. The van der Waals surface area contributed by atoms with Crippen LogP contribution in [0.15, 0.2) is 48.5 Å². The first-order valence-corrected chi connectivity index (χ1v) is 10.7. The molecule has 0 bridgehead atoms. The van der Waals surface area contributed by atoms with E-state index in [1.165, 1.54) is 18.9 Å². The second-order valence-electron chi connectivity index (χ2n) is 7.16. The number of nitrogens with one attached hydrogen (secondary N) is 2. The number of anilines is 2. The van der Waals surface area contributed by atoms with Crippen LogP contribution in [-0.2, 0) is 4.79 Å². The van der Waals surface area contributed by atoms with Crippen LogP contribution in [-0.4, -0.2) is 24.1 Å². The molecular formula is C22H23Cl2N3OS. The molecular weight excluding hydrogens is 425 g/mol. The van der Waals surface area contributed by atoms with E-state index in [0.717, 1.165) is 35.9 Å². The van der Waals surface area contributed by atoms with Gasteiger partial charge < -0.3 is 10.2 Å². The highest BCUT2D eigenvalue weighted by atomic mass is 35.5. The number of carbonyl (C=O) groups is 1. The van der Waals surface area contributed by atoms with E-state index in [4.69, 9.17) is 35.4 Å². The predicted octanol–water partition coefficient (Wildman–Crippen LogP) is 5.76. The maximum Gasteiger partial charge on any atom is 0.250 e. The Morgan fingerprint density at radius 3 is 2.48 bits per heavy atom. The van der Waals surface area contributed by atoms with E-state index in [2.05, 4.69) is 22.5 Å². The van der Waals surface area contributed by atoms with Gasteiger partial charge in [0.25, 0.3) is 0 Å². The molecule has 4 nitrogen and oxygen atoms in total. The standard InChI is InChI=1S/C22H23Cl2N3OS/c1-15-10-12-27(13-11-15)20-8-7-18(14-19(20)24)25-22(29)26-21(28)9-4-16-2-5-17(23)6-3-16/h2-9,14-15H,10-13H2,1H3,(H2,25,26,28,29)/b9-4+. The number of hydrogen-bond acceptors (Lipinski definition) is 3. The first-order valence-electron chi connectivity index (χ1n) is 9.51. The largest absolute Gasteiger partial charge is 0.370 e. The summed E-state index contributed by atoms with van der Waals surface area (Å²) in [4.78, 5) is 14.4. The lowest BCUT2D eigenvalue weighted by molar-refractivity contribution is -0.115. The molecule has 0 aromatic heterocycles. The zero-order chi connectivity index (χ0) is 20.8. The number of benzene rings is 2. The average Bonchev–Trinajstić information content (AvgIpc) is 2.68. The minimum Gasteiger partial charge on any atom is -0.370 e. The van der Waals surface area contributed by atoms with E-state index in [1.54, 1.807) is 18.2 Å². The topological polar surface area (TPSA) is 44.4 Å². The lowest BCUT2D eigenvalue weighted by Gasteiger charge is -2.32. The number of amides is 1. The van der Waals surface area contributed by atoms with Crippen LogP contribution in [0, 0.1) is 5.92 Å². The van der Waals surface area contributed by atoms with Crippen LogP contribution in [0.4, 0.5) is 11.4 Å². The number of thiocarbonyl (C=S) groups is 1. The Bertz CT molecular complexity index is 907. The van der Waals surface area contributed by atoms with Gasteiger partial charge in [-0.3, -0.25) is 10.1 Å². The van der Waals surface area contributed by atoms with Crippen LogP contribution in [0.5, 0.6) is 0 Å². The van der Waals surface area contributed by atoms with Gasteiger partial charge in [0, 0.05) is 29.9 Å². The zero-order valence-electron chi connectivity index (χ0n) is 16.1. The lowest BCUT2D eigenvalue weighted by atomic mass is 9.99. The van der Waals surface area contributed by atoms with Crippen LogP contribution in [0.2, 0.25) is 10.0 Å². The van der Waals surface area contributed by atoms with Crippen molar-refractivity contribution in [1.29, 1.82) is 0 Å². The van der Waals surface area contributed by atoms with Crippen molar-refractivity contribution in [2.75, 3.05) is 23.3 Å². The van der Waals surface area contributed by atoms with Crippen molar-refractivity contribution >= 4 is 63.9 Å². The van der Waals surface area contributed by atoms with Gasteiger partial charge in [-0.25, -0.2) is 0 Å². The number of rotatable bonds is 4. The van der Waals surface area contributed by atoms with E-state index >= 15 is 0 Å². The van der Waals surface area contributed by atoms with E-state index in [1.807, 2.05) is 30.3 Å². The summed E-state index contributed by atoms with van der Waals surface area (Å²) < 4.78 is 0. The predicted molar refractivity (Wildman–Crippen MR) is 127 cm³/mol. The first kappa shape index (κ1) is 21.6. The van der Waals surface area contributed by atoms with Gasteiger partial charge in [0.05, 0.1) is 10.7 Å². The maximum atomic E-state index is 12.1. The van der Waals surface area contributed by atoms with Gasteiger partial charge in [0.15, 0.2) is 5.11 Å². The summed E-state index contributed by atoms with van der Waals surface area (Å²) in [7, 11) is 0. The molecule has 2 aromatic carbocycles. The van der Waals surface area contributed by atoms with Crippen LogP contribution >= 0.6 is 35.4 Å². The fourth-order valence-corrected chi connectivity index (χ4v) is 3.80. The summed E-state index contributed by atoms with van der Waals surface area (Å²) >= 11 is 17.6. The van der Waals surface area contributed by atoms with Gasteiger partial charge in [-0.15, -0.1) is 0 Å². The molecule has 1 fully saturated rings. The number of piperidine rings is 1. The molecule has 1 amide bonds. The molecule has 0 saturated carbocycles. The van der Waals surface area contributed by atoms with Crippen LogP contribution in [0.25, 0.3) is 6.08 Å². The van der Waals surface area contributed by atoms with Crippen molar-refractivity contribution in [2.24, 2.45) is 5.92 Å². The number of carbonyl (C=O) groups excluding carboxylic acids is 1. The van der Waals surface area contributed by atoms with Crippen LogP contribution in [0.1, 0.15) is 25.3 Å². The molecule has 0 aliphatic carbocycles. The van der Waals surface area contributed by atoms with E-state index < -0.39 is 0 Å². The van der Waals surface area contributed by atoms with Gasteiger partial charge in [0.1, 0.15) is 0 Å². The molecule has 3 rings (SSSR count). The van der Waals surface area contributed by atoms with Crippen LogP contribution in [0.3, 0.4) is 0 Å². The molecule has 1 aliphatic heterocycles. The average molecular weight is 448 g/mol. The van der Waals surface area contributed by atoms with Crippen molar-refractivity contribution < 1.29 is 4.79 Å². The molecule has 2 aromatic rings. The highest BCUT2D eigenvalue weighted by molar-refractivity contribution is 7.80. The van der Waals surface area contributed by atoms with E-state index in [0.29, 0.717) is 10.0 Å². The van der Waals surface area contributed by atoms with Gasteiger partial charge in [-0.2, -0.15) is 0 Å². The van der Waals surface area contributed by atoms with Crippen molar-refractivity contribution in [1.82, 2.24) is 5.32 Å². The van der Waals surface area contributed by atoms with Crippen LogP contribution < -0.4 is 15.5 Å². The Kier molecular flexibility index (Phi) is 7.53. The minimum absolute atomic E-state index is 0.214. The van der Waals surface area contributed by atoms with E-state index in [-0.39, 0.29) is 11.0 Å². The zero-order valence-corrected chi connectivity index (χ0v) is 18.4. The van der Waals surface area contributed by atoms with Gasteiger partial charge in [0.2, 0.25) is 5.91 Å². The molecule has 7 heteroatoms. The lowest BCUT2D eigenvalue weighted by Crippen LogP contribution is -2.33. The second-order valence-corrected chi connectivity index (χ2v) is 8.42. The Labute approximate surface area is 186 Å². The number of nitrogens with zero attached hydrogens (tertiary/aromatic N) is 1. The second kappa shape index (κ2) is 10.1. The highest BCUT2D eigenvalue weighted by Crippen LogP contribution is 2.31. The first-order chi connectivity index (χ1) is 13.9. The Morgan fingerprint density at radius 1 is 1.14 bits per heavy atom. The molecule has 1 saturated heterocycles. The quantitative estimate of drug-likeness (QED) is 0.462. The Hall–Kier alpha value is -2.08. The number of hydrogen-bond donors (Lipinski definition) is 2. The molecule has 0 unspecified atom stereocenters. The smallest absolute Gasteiger partial charge is 0.250 e. The summed E-state index contributed by atoms with van der Waals surface area (Å²) in [6, 6.07) is 12.9. The molecule has 1 heterocycles. The summed E-state index contributed by atoms with van der Waals surface area (Å²) in [5.41, 5.74) is 2.64. The summed E-state index contributed by atoms with van der Waals surface area (Å²) in [6.07, 6.45) is 5.47. The Morgan fingerprint density at radius 2 is 1.83 bits per heavy atom. The molecule has 2 N–H and O–H groups in total. The molecule has 0 radical (unpaired) electrons. The third-order valence-electron chi connectivity index (χ3n) is 4.86. The molecule has 29 heavy (non-hydrogen) atoms. The van der Waals surface area contributed by atoms with Crippen molar-refractivity contribution in [3.8, 4) is 0 Å². The minimum atomic E-state index is -0.317. The van der Waals surface area contributed by atoms with Crippen molar-refractivity contribution in [3.05, 3.63) is 64.1 Å². The monoisotopic (exact) mass is 447 g/mol. The van der Waals surface area contributed by atoms with Gasteiger partial charge >= 0.3 is 0 Å². The normalized spacial score (nSPS) is 14.8. The van der Waals surface area contributed by atoms with Gasteiger partial charge in [-0.1, -0.05) is 42.3 Å². The SMILES string of the molecule is CC1CCN(c2ccc(NC(=S)NC(=O)/C=C/c3ccc(Cl)cc3)cc2Cl)CC1. The highest BCUT2D eigenvalue weighted by Gasteiger charge is 2.18. The molecule has 0 spiro atoms. The Balaban J connectivity index is 1.54. The fourth-order valence-electron chi connectivity index (χ4n) is 3.15. The van der Waals surface area contributed by atoms with Crippen molar-refractivity contribution in [3.63, 3.8) is 0 Å². The maximum absolute atomic E-state index is 12.1. The number of halogens is 2. The summed E-state index contributed by atoms with van der Waals surface area (Å²) in [5.74, 6) is 0.447. The molecule has 152 valence electrons. The third kappa shape index (κ3) is 6.46. The summed E-state index contributed by atoms with van der Waals surface area (Å²) in [5, 5.41) is 7.16. The van der Waals surface area contributed by atoms with E-state index in [9.17, 15) is 4.79 Å². The molecule has 0 atom stereocenters.